The van der Waals surface area contributed by atoms with Crippen LogP contribution in [0.3, 0.4) is 0 Å². The Bertz CT molecular complexity index is 414. The highest BCUT2D eigenvalue weighted by Crippen LogP contribution is 2.18. The van der Waals surface area contributed by atoms with Gasteiger partial charge in [0.05, 0.1) is 23.3 Å². The summed E-state index contributed by atoms with van der Waals surface area (Å²) < 4.78 is 0. The molecule has 0 aliphatic heterocycles. The first-order chi connectivity index (χ1) is 7.16. The lowest BCUT2D eigenvalue weighted by atomic mass is 10.0. The molecule has 0 saturated heterocycles. The molecular weight excluding hydrogens is 188 g/mol. The highest BCUT2D eigenvalue weighted by atomic mass is 15.0. The Kier molecular flexibility index (Phi) is 2.68. The fraction of sp³-hybridized carbons (Fsp3) is 0.455. The number of imidazole rings is 1. The summed E-state index contributed by atoms with van der Waals surface area (Å²) in [6, 6.07) is 1.87. The van der Waals surface area contributed by atoms with Gasteiger partial charge in [-0.2, -0.15) is 0 Å². The number of rotatable bonds is 3. The van der Waals surface area contributed by atoms with Crippen molar-refractivity contribution in [2.24, 2.45) is 11.7 Å². The van der Waals surface area contributed by atoms with Gasteiger partial charge in [0.1, 0.15) is 5.82 Å². The van der Waals surface area contributed by atoms with Crippen molar-refractivity contribution in [3.63, 3.8) is 0 Å². The molecule has 2 rings (SSSR count). The number of H-pyrrole nitrogens is 1. The molecule has 80 valence electrons. The molecule has 4 heteroatoms. The van der Waals surface area contributed by atoms with E-state index in [1.54, 1.807) is 12.4 Å². The molecule has 0 fully saturated rings. The molecule has 2 aromatic heterocycles. The first-order valence-electron chi connectivity index (χ1n) is 5.22. The van der Waals surface area contributed by atoms with Crippen molar-refractivity contribution in [2.75, 3.05) is 0 Å². The van der Waals surface area contributed by atoms with Crippen LogP contribution in [-0.4, -0.2) is 15.0 Å². The molecule has 1 atom stereocenters. The molecular formula is C11H16N4. The van der Waals surface area contributed by atoms with Gasteiger partial charge in [-0.3, -0.25) is 4.98 Å². The molecule has 0 amide bonds. The molecule has 0 aliphatic rings. The Morgan fingerprint density at radius 2 is 2.27 bits per heavy atom. The molecule has 0 bridgehead atoms. The summed E-state index contributed by atoms with van der Waals surface area (Å²) in [5.41, 5.74) is 7.93. The zero-order chi connectivity index (χ0) is 10.8. The predicted octanol–water partition coefficient (Wildman–Crippen LogP) is 2.00. The van der Waals surface area contributed by atoms with Gasteiger partial charge in [-0.05, 0) is 18.4 Å². The summed E-state index contributed by atoms with van der Waals surface area (Å²) in [5.74, 6) is 1.43. The molecule has 2 heterocycles. The van der Waals surface area contributed by atoms with Crippen molar-refractivity contribution in [3.8, 4) is 0 Å². The van der Waals surface area contributed by atoms with E-state index in [-0.39, 0.29) is 6.04 Å². The third-order valence-electron chi connectivity index (χ3n) is 2.38. The van der Waals surface area contributed by atoms with Crippen LogP contribution in [0.25, 0.3) is 11.0 Å². The van der Waals surface area contributed by atoms with E-state index in [2.05, 4.69) is 28.8 Å². The Morgan fingerprint density at radius 1 is 1.47 bits per heavy atom. The maximum Gasteiger partial charge on any atom is 0.124 e. The smallest absolute Gasteiger partial charge is 0.124 e. The van der Waals surface area contributed by atoms with Gasteiger partial charge in [0.2, 0.25) is 0 Å². The van der Waals surface area contributed by atoms with Crippen molar-refractivity contribution in [2.45, 2.75) is 26.3 Å². The minimum Gasteiger partial charge on any atom is -0.339 e. The first kappa shape index (κ1) is 10.1. The second-order valence-electron chi connectivity index (χ2n) is 4.25. The monoisotopic (exact) mass is 204 g/mol. The lowest BCUT2D eigenvalue weighted by molar-refractivity contribution is 0.496. The summed E-state index contributed by atoms with van der Waals surface area (Å²) >= 11 is 0. The maximum absolute atomic E-state index is 6.05. The standard InChI is InChI=1S/C11H16N4/c1-7(2)5-8(12)11-14-9-3-4-13-6-10(9)15-11/h3-4,6-8H,5,12H2,1-2H3,(H,14,15). The van der Waals surface area contributed by atoms with Crippen molar-refractivity contribution in [3.05, 3.63) is 24.3 Å². The number of nitrogens with two attached hydrogens (primary N) is 1. The van der Waals surface area contributed by atoms with Gasteiger partial charge in [-0.25, -0.2) is 4.98 Å². The number of hydrogen-bond acceptors (Lipinski definition) is 3. The largest absolute Gasteiger partial charge is 0.339 e. The Hall–Kier alpha value is -1.42. The molecule has 0 spiro atoms. The Balaban J connectivity index is 2.28. The number of aromatic amines is 1. The normalized spacial score (nSPS) is 13.6. The van der Waals surface area contributed by atoms with E-state index in [1.165, 1.54) is 0 Å². The van der Waals surface area contributed by atoms with Gasteiger partial charge in [0.25, 0.3) is 0 Å². The molecule has 0 aliphatic carbocycles. The number of aromatic nitrogens is 3. The summed E-state index contributed by atoms with van der Waals surface area (Å²) in [6.45, 7) is 4.31. The summed E-state index contributed by atoms with van der Waals surface area (Å²) in [4.78, 5) is 11.7. The number of pyridine rings is 1. The topological polar surface area (TPSA) is 67.6 Å². The van der Waals surface area contributed by atoms with Crippen molar-refractivity contribution in [1.82, 2.24) is 15.0 Å². The first-order valence-corrected chi connectivity index (χ1v) is 5.22. The van der Waals surface area contributed by atoms with E-state index in [9.17, 15) is 0 Å². The average molecular weight is 204 g/mol. The fourth-order valence-electron chi connectivity index (χ4n) is 1.67. The minimum absolute atomic E-state index is 0.0163. The zero-order valence-corrected chi connectivity index (χ0v) is 9.07. The lowest BCUT2D eigenvalue weighted by Crippen LogP contribution is -2.14. The Labute approximate surface area is 88.9 Å². The van der Waals surface area contributed by atoms with E-state index in [4.69, 9.17) is 5.73 Å². The van der Waals surface area contributed by atoms with Gasteiger partial charge in [-0.1, -0.05) is 13.8 Å². The van der Waals surface area contributed by atoms with Crippen LogP contribution in [0.1, 0.15) is 32.1 Å². The zero-order valence-electron chi connectivity index (χ0n) is 9.07. The van der Waals surface area contributed by atoms with Gasteiger partial charge in [0, 0.05) is 6.20 Å². The maximum atomic E-state index is 6.05. The summed E-state index contributed by atoms with van der Waals surface area (Å²) in [7, 11) is 0. The van der Waals surface area contributed by atoms with Crippen LogP contribution in [0.15, 0.2) is 18.5 Å². The third kappa shape index (κ3) is 2.15. The fourth-order valence-corrected chi connectivity index (χ4v) is 1.67. The van der Waals surface area contributed by atoms with Crippen LogP contribution in [0, 0.1) is 5.92 Å². The predicted molar refractivity (Wildman–Crippen MR) is 60.3 cm³/mol. The quantitative estimate of drug-likeness (QED) is 0.803. The van der Waals surface area contributed by atoms with E-state index in [0.717, 1.165) is 23.3 Å². The van der Waals surface area contributed by atoms with Gasteiger partial charge in [0.15, 0.2) is 0 Å². The molecule has 0 saturated carbocycles. The minimum atomic E-state index is -0.0163. The number of nitrogens with one attached hydrogen (secondary N) is 1. The molecule has 0 radical (unpaired) electrons. The number of fused-ring (bicyclic) bond motifs is 1. The van der Waals surface area contributed by atoms with Gasteiger partial charge in [-0.15, -0.1) is 0 Å². The summed E-state index contributed by atoms with van der Waals surface area (Å²) in [5, 5.41) is 0. The van der Waals surface area contributed by atoms with E-state index < -0.39 is 0 Å². The molecule has 2 aromatic rings. The number of nitrogens with zero attached hydrogens (tertiary/aromatic N) is 2. The summed E-state index contributed by atoms with van der Waals surface area (Å²) in [6.07, 6.45) is 4.45. The molecule has 0 aromatic carbocycles. The van der Waals surface area contributed by atoms with Crippen molar-refractivity contribution >= 4 is 11.0 Å². The van der Waals surface area contributed by atoms with Crippen LogP contribution < -0.4 is 5.73 Å². The van der Waals surface area contributed by atoms with Crippen molar-refractivity contribution in [1.29, 1.82) is 0 Å². The van der Waals surface area contributed by atoms with Crippen LogP contribution in [0.4, 0.5) is 0 Å². The Morgan fingerprint density at radius 3 is 2.93 bits per heavy atom. The van der Waals surface area contributed by atoms with E-state index in [0.29, 0.717) is 5.92 Å². The van der Waals surface area contributed by atoms with Crippen LogP contribution in [0.5, 0.6) is 0 Å². The third-order valence-corrected chi connectivity index (χ3v) is 2.38. The van der Waals surface area contributed by atoms with Crippen LogP contribution in [-0.2, 0) is 0 Å². The van der Waals surface area contributed by atoms with Crippen LogP contribution >= 0.6 is 0 Å². The van der Waals surface area contributed by atoms with Crippen LogP contribution in [0.2, 0.25) is 0 Å². The average Bonchev–Trinajstić information content (AvgIpc) is 2.59. The second-order valence-corrected chi connectivity index (χ2v) is 4.25. The van der Waals surface area contributed by atoms with Crippen molar-refractivity contribution < 1.29 is 0 Å². The van der Waals surface area contributed by atoms with Gasteiger partial charge >= 0.3 is 0 Å². The molecule has 4 nitrogen and oxygen atoms in total. The van der Waals surface area contributed by atoms with E-state index >= 15 is 0 Å². The SMILES string of the molecule is CC(C)CC(N)c1nc2ccncc2[nH]1. The lowest BCUT2D eigenvalue weighted by Gasteiger charge is -2.10. The second kappa shape index (κ2) is 3.98. The molecule has 3 N–H and O–H groups in total. The van der Waals surface area contributed by atoms with Gasteiger partial charge < -0.3 is 10.7 Å². The highest BCUT2D eigenvalue weighted by molar-refractivity contribution is 5.73. The highest BCUT2D eigenvalue weighted by Gasteiger charge is 2.12. The molecule has 15 heavy (non-hydrogen) atoms. The molecule has 1 unspecified atom stereocenters. The number of hydrogen-bond donors (Lipinski definition) is 2. The van der Waals surface area contributed by atoms with E-state index in [1.807, 2.05) is 6.07 Å².